The minimum atomic E-state index is -4.78. The molecular weight excluding hydrogens is 326 g/mol. The van der Waals surface area contributed by atoms with Crippen molar-refractivity contribution in [3.05, 3.63) is 65.5 Å². The standard InChI is InChI=1S/C17H11F4NO2/c18-14-7-3-12(4-8-14)2-1-11-22-16(23)13-5-9-15(10-6-13)24-17(19,20)21/h3-10H,11H2,(H,22,23). The second-order valence-corrected chi connectivity index (χ2v) is 4.56. The number of rotatable bonds is 3. The molecule has 0 bridgehead atoms. The van der Waals surface area contributed by atoms with Gasteiger partial charge in [-0.25, -0.2) is 4.39 Å². The molecule has 0 spiro atoms. The van der Waals surface area contributed by atoms with Crippen molar-refractivity contribution in [2.45, 2.75) is 6.36 Å². The number of hydrogen-bond acceptors (Lipinski definition) is 2. The lowest BCUT2D eigenvalue weighted by Gasteiger charge is -2.09. The summed E-state index contributed by atoms with van der Waals surface area (Å²) in [4.78, 5) is 11.8. The fraction of sp³-hybridized carbons (Fsp3) is 0.118. The van der Waals surface area contributed by atoms with E-state index in [-0.39, 0.29) is 17.9 Å². The zero-order valence-electron chi connectivity index (χ0n) is 12.2. The van der Waals surface area contributed by atoms with Gasteiger partial charge in [0.2, 0.25) is 0 Å². The molecule has 0 unspecified atom stereocenters. The lowest BCUT2D eigenvalue weighted by atomic mass is 10.2. The maximum atomic E-state index is 12.7. The summed E-state index contributed by atoms with van der Waals surface area (Å²) in [5, 5.41) is 2.50. The number of alkyl halides is 3. The van der Waals surface area contributed by atoms with Crippen molar-refractivity contribution in [3.63, 3.8) is 0 Å². The molecule has 3 nitrogen and oxygen atoms in total. The number of carbonyl (C=O) groups excluding carboxylic acids is 1. The SMILES string of the molecule is O=C(NCC#Cc1ccc(F)cc1)c1ccc(OC(F)(F)F)cc1. The van der Waals surface area contributed by atoms with Crippen LogP contribution in [0, 0.1) is 17.7 Å². The molecule has 0 aliphatic rings. The largest absolute Gasteiger partial charge is 0.573 e. The van der Waals surface area contributed by atoms with Gasteiger partial charge in [-0.3, -0.25) is 4.79 Å². The van der Waals surface area contributed by atoms with E-state index in [1.165, 1.54) is 36.4 Å². The molecule has 1 amide bonds. The van der Waals surface area contributed by atoms with Crippen LogP contribution < -0.4 is 10.1 Å². The second kappa shape index (κ2) is 7.51. The van der Waals surface area contributed by atoms with Crippen LogP contribution >= 0.6 is 0 Å². The fourth-order valence-electron chi connectivity index (χ4n) is 1.71. The Labute approximate surface area is 135 Å². The lowest BCUT2D eigenvalue weighted by molar-refractivity contribution is -0.274. The van der Waals surface area contributed by atoms with Gasteiger partial charge < -0.3 is 10.1 Å². The van der Waals surface area contributed by atoms with E-state index in [1.54, 1.807) is 0 Å². The van der Waals surface area contributed by atoms with Crippen LogP contribution in [0.1, 0.15) is 15.9 Å². The first-order valence-corrected chi connectivity index (χ1v) is 6.72. The van der Waals surface area contributed by atoms with E-state index in [4.69, 9.17) is 0 Å². The van der Waals surface area contributed by atoms with Crippen LogP contribution in [-0.2, 0) is 0 Å². The molecule has 2 rings (SSSR count). The Kier molecular flexibility index (Phi) is 5.42. The van der Waals surface area contributed by atoms with E-state index in [9.17, 15) is 22.4 Å². The third kappa shape index (κ3) is 5.65. The van der Waals surface area contributed by atoms with Crippen LogP contribution in [0.15, 0.2) is 48.5 Å². The Morgan fingerprint density at radius 3 is 2.25 bits per heavy atom. The third-order valence-corrected chi connectivity index (χ3v) is 2.76. The Morgan fingerprint density at radius 1 is 1.04 bits per heavy atom. The summed E-state index contributed by atoms with van der Waals surface area (Å²) in [5.74, 6) is 4.16. The highest BCUT2D eigenvalue weighted by Gasteiger charge is 2.31. The first-order chi connectivity index (χ1) is 11.3. The van der Waals surface area contributed by atoms with Gasteiger partial charge in [-0.2, -0.15) is 0 Å². The minimum absolute atomic E-state index is 0.0387. The number of hydrogen-bond donors (Lipinski definition) is 1. The van der Waals surface area contributed by atoms with Gasteiger partial charge in [-0.05, 0) is 48.5 Å². The predicted molar refractivity (Wildman–Crippen MR) is 78.7 cm³/mol. The van der Waals surface area contributed by atoms with E-state index in [0.717, 1.165) is 12.1 Å². The van der Waals surface area contributed by atoms with Crippen LogP contribution in [-0.4, -0.2) is 18.8 Å². The predicted octanol–water partition coefficient (Wildman–Crippen LogP) is 3.51. The second-order valence-electron chi connectivity index (χ2n) is 4.56. The van der Waals surface area contributed by atoms with Crippen LogP contribution in [0.4, 0.5) is 17.6 Å². The molecule has 0 radical (unpaired) electrons. The summed E-state index contributed by atoms with van der Waals surface area (Å²) in [5.41, 5.74) is 0.771. The maximum Gasteiger partial charge on any atom is 0.573 e. The highest BCUT2D eigenvalue weighted by Crippen LogP contribution is 2.22. The molecular formula is C17H11F4NO2. The summed E-state index contributed by atoms with van der Waals surface area (Å²) in [6.45, 7) is 0.0387. The van der Waals surface area contributed by atoms with Crippen molar-refractivity contribution in [1.29, 1.82) is 0 Å². The summed E-state index contributed by atoms with van der Waals surface area (Å²) >= 11 is 0. The highest BCUT2D eigenvalue weighted by atomic mass is 19.4. The monoisotopic (exact) mass is 337 g/mol. The molecule has 0 saturated heterocycles. The van der Waals surface area contributed by atoms with Gasteiger partial charge in [0.25, 0.3) is 5.91 Å². The number of halogens is 4. The summed E-state index contributed by atoms with van der Waals surface area (Å²) in [7, 11) is 0. The van der Waals surface area contributed by atoms with Gasteiger partial charge >= 0.3 is 6.36 Å². The topological polar surface area (TPSA) is 38.3 Å². The zero-order valence-corrected chi connectivity index (χ0v) is 12.2. The first kappa shape index (κ1) is 17.3. The van der Waals surface area contributed by atoms with E-state index < -0.39 is 18.0 Å². The van der Waals surface area contributed by atoms with Crippen molar-refractivity contribution >= 4 is 5.91 Å². The number of ether oxygens (including phenoxy) is 1. The number of benzene rings is 2. The van der Waals surface area contributed by atoms with Crippen LogP contribution in [0.5, 0.6) is 5.75 Å². The molecule has 0 heterocycles. The molecule has 2 aromatic carbocycles. The summed E-state index contributed by atoms with van der Waals surface area (Å²) in [6.07, 6.45) is -4.78. The lowest BCUT2D eigenvalue weighted by Crippen LogP contribution is -2.23. The summed E-state index contributed by atoms with van der Waals surface area (Å²) < 4.78 is 52.5. The average Bonchev–Trinajstić information content (AvgIpc) is 2.52. The fourth-order valence-corrected chi connectivity index (χ4v) is 1.71. The normalized spacial score (nSPS) is 10.5. The molecule has 0 saturated carbocycles. The number of nitrogens with one attached hydrogen (secondary N) is 1. The first-order valence-electron chi connectivity index (χ1n) is 6.72. The quantitative estimate of drug-likeness (QED) is 0.688. The molecule has 0 fully saturated rings. The van der Waals surface area contributed by atoms with Crippen molar-refractivity contribution in [3.8, 4) is 17.6 Å². The van der Waals surface area contributed by atoms with Crippen molar-refractivity contribution in [2.75, 3.05) is 6.54 Å². The van der Waals surface area contributed by atoms with Gasteiger partial charge in [-0.1, -0.05) is 11.8 Å². The van der Waals surface area contributed by atoms with Gasteiger partial charge in [-0.15, -0.1) is 13.2 Å². The Balaban J connectivity index is 1.88. The van der Waals surface area contributed by atoms with Gasteiger partial charge in [0.05, 0.1) is 6.54 Å². The molecule has 2 aromatic rings. The Morgan fingerprint density at radius 2 is 1.67 bits per heavy atom. The molecule has 0 aliphatic carbocycles. The highest BCUT2D eigenvalue weighted by molar-refractivity contribution is 5.94. The van der Waals surface area contributed by atoms with E-state index in [1.807, 2.05) is 0 Å². The van der Waals surface area contributed by atoms with Crippen LogP contribution in [0.2, 0.25) is 0 Å². The third-order valence-electron chi connectivity index (χ3n) is 2.76. The van der Waals surface area contributed by atoms with Gasteiger partial charge in [0.1, 0.15) is 11.6 Å². The molecule has 0 aromatic heterocycles. The Hall–Kier alpha value is -3.01. The average molecular weight is 337 g/mol. The van der Waals surface area contributed by atoms with Crippen molar-refractivity contribution < 1.29 is 27.1 Å². The molecule has 0 aliphatic heterocycles. The van der Waals surface area contributed by atoms with Gasteiger partial charge in [0, 0.05) is 11.1 Å². The minimum Gasteiger partial charge on any atom is -0.406 e. The Bertz CT molecular complexity index is 756. The van der Waals surface area contributed by atoms with Crippen molar-refractivity contribution in [1.82, 2.24) is 5.32 Å². The van der Waals surface area contributed by atoms with Crippen LogP contribution in [0.25, 0.3) is 0 Å². The zero-order chi connectivity index (χ0) is 17.6. The molecule has 0 atom stereocenters. The maximum absolute atomic E-state index is 12.7. The van der Waals surface area contributed by atoms with E-state index in [0.29, 0.717) is 5.56 Å². The van der Waals surface area contributed by atoms with E-state index in [2.05, 4.69) is 21.9 Å². The smallest absolute Gasteiger partial charge is 0.406 e. The number of carbonyl (C=O) groups is 1. The molecule has 7 heteroatoms. The van der Waals surface area contributed by atoms with Gasteiger partial charge in [0.15, 0.2) is 0 Å². The molecule has 24 heavy (non-hydrogen) atoms. The van der Waals surface area contributed by atoms with Crippen LogP contribution in [0.3, 0.4) is 0 Å². The molecule has 1 N–H and O–H groups in total. The summed E-state index contributed by atoms with van der Waals surface area (Å²) in [6, 6.07) is 10.1. The number of amides is 1. The van der Waals surface area contributed by atoms with E-state index >= 15 is 0 Å². The van der Waals surface area contributed by atoms with Crippen molar-refractivity contribution in [2.24, 2.45) is 0 Å². The molecule has 124 valence electrons.